The molecule has 2 fully saturated rings. The van der Waals surface area contributed by atoms with Gasteiger partial charge in [0.25, 0.3) is 0 Å². The largest absolute Gasteiger partial charge is 0.327 e. The number of amides is 2. The van der Waals surface area contributed by atoms with Crippen LogP contribution in [0.4, 0.5) is 10.5 Å². The highest BCUT2D eigenvalue weighted by molar-refractivity contribution is 6.33. The van der Waals surface area contributed by atoms with Crippen molar-refractivity contribution in [3.8, 4) is 0 Å². The van der Waals surface area contributed by atoms with E-state index in [4.69, 9.17) is 17.3 Å². The quantitative estimate of drug-likeness (QED) is 0.830. The normalized spacial score (nSPS) is 29.4. The van der Waals surface area contributed by atoms with Gasteiger partial charge in [0, 0.05) is 19.1 Å². The number of fused-ring (bicyclic) bond motifs is 1. The van der Waals surface area contributed by atoms with Gasteiger partial charge >= 0.3 is 6.03 Å². The molecule has 3 atom stereocenters. The molecule has 3 unspecified atom stereocenters. The lowest BCUT2D eigenvalue weighted by Gasteiger charge is -2.19. The molecule has 5 heteroatoms. The lowest BCUT2D eigenvalue weighted by Crippen LogP contribution is -2.36. The van der Waals surface area contributed by atoms with Crippen LogP contribution in [0.2, 0.25) is 5.02 Å². The minimum Gasteiger partial charge on any atom is -0.327 e. The number of benzene rings is 1. The van der Waals surface area contributed by atoms with Crippen molar-refractivity contribution in [2.24, 2.45) is 17.6 Å². The first-order valence-corrected chi connectivity index (χ1v) is 7.09. The van der Waals surface area contributed by atoms with E-state index in [1.54, 1.807) is 6.07 Å². The summed E-state index contributed by atoms with van der Waals surface area (Å²) in [6.45, 7) is 1.58. The van der Waals surface area contributed by atoms with Gasteiger partial charge in [-0.25, -0.2) is 4.79 Å². The molecule has 19 heavy (non-hydrogen) atoms. The Bertz CT molecular complexity index is 493. The van der Waals surface area contributed by atoms with Crippen LogP contribution in [0.25, 0.3) is 0 Å². The Morgan fingerprint density at radius 3 is 2.84 bits per heavy atom. The molecule has 3 N–H and O–H groups in total. The summed E-state index contributed by atoms with van der Waals surface area (Å²) in [5.41, 5.74) is 6.74. The molecule has 1 saturated carbocycles. The number of anilines is 1. The summed E-state index contributed by atoms with van der Waals surface area (Å²) in [6.07, 6.45) is 2.23. The summed E-state index contributed by atoms with van der Waals surface area (Å²) >= 11 is 6.04. The van der Waals surface area contributed by atoms with Crippen LogP contribution < -0.4 is 11.1 Å². The number of para-hydroxylation sites is 1. The molecule has 1 aromatic carbocycles. The maximum atomic E-state index is 12.2. The van der Waals surface area contributed by atoms with Crippen molar-refractivity contribution >= 4 is 23.3 Å². The number of hydrogen-bond donors (Lipinski definition) is 2. The van der Waals surface area contributed by atoms with Crippen molar-refractivity contribution in [3.05, 3.63) is 29.3 Å². The first-order valence-electron chi connectivity index (χ1n) is 6.71. The molecule has 102 valence electrons. The predicted octanol–water partition coefficient (Wildman–Crippen LogP) is 2.54. The molecule has 1 saturated heterocycles. The molecule has 0 bridgehead atoms. The third kappa shape index (κ3) is 2.42. The Hall–Kier alpha value is -1.26. The van der Waals surface area contributed by atoms with Crippen LogP contribution in [0.5, 0.6) is 0 Å². The fourth-order valence-corrected chi connectivity index (χ4v) is 3.41. The van der Waals surface area contributed by atoms with E-state index in [0.29, 0.717) is 22.5 Å². The number of nitrogens with zero attached hydrogens (tertiary/aromatic N) is 1. The highest BCUT2D eigenvalue weighted by atomic mass is 35.5. The Morgan fingerprint density at radius 2 is 2.11 bits per heavy atom. The summed E-state index contributed by atoms with van der Waals surface area (Å²) in [5.74, 6) is 1.05. The summed E-state index contributed by atoms with van der Waals surface area (Å²) in [5, 5.41) is 3.43. The van der Waals surface area contributed by atoms with Crippen molar-refractivity contribution in [1.29, 1.82) is 0 Å². The van der Waals surface area contributed by atoms with Gasteiger partial charge in [-0.05, 0) is 36.8 Å². The first kappa shape index (κ1) is 12.8. The smallest absolute Gasteiger partial charge is 0.321 e. The van der Waals surface area contributed by atoms with Gasteiger partial charge in [-0.1, -0.05) is 23.7 Å². The maximum Gasteiger partial charge on any atom is 0.321 e. The average molecular weight is 280 g/mol. The predicted molar refractivity (Wildman–Crippen MR) is 76.2 cm³/mol. The van der Waals surface area contributed by atoms with Gasteiger partial charge in [-0.15, -0.1) is 0 Å². The maximum absolute atomic E-state index is 12.2. The van der Waals surface area contributed by atoms with Crippen LogP contribution in [0.3, 0.4) is 0 Å². The van der Waals surface area contributed by atoms with E-state index in [1.807, 2.05) is 23.1 Å². The van der Waals surface area contributed by atoms with Gasteiger partial charge in [0.15, 0.2) is 0 Å². The molecule has 0 radical (unpaired) electrons. The third-order valence-corrected chi connectivity index (χ3v) is 4.64. The zero-order chi connectivity index (χ0) is 13.4. The topological polar surface area (TPSA) is 58.4 Å². The van der Waals surface area contributed by atoms with Gasteiger partial charge in [0.1, 0.15) is 0 Å². The molecule has 3 rings (SSSR count). The van der Waals surface area contributed by atoms with Crippen LogP contribution in [0, 0.1) is 11.8 Å². The van der Waals surface area contributed by atoms with E-state index < -0.39 is 0 Å². The van der Waals surface area contributed by atoms with Crippen LogP contribution in [0.15, 0.2) is 24.3 Å². The lowest BCUT2D eigenvalue weighted by atomic mass is 9.98. The van der Waals surface area contributed by atoms with Crippen molar-refractivity contribution in [3.63, 3.8) is 0 Å². The molecule has 0 aromatic heterocycles. The Balaban J connectivity index is 1.65. The molecule has 1 aromatic rings. The second-order valence-electron chi connectivity index (χ2n) is 5.48. The fourth-order valence-electron chi connectivity index (χ4n) is 3.23. The van der Waals surface area contributed by atoms with E-state index in [-0.39, 0.29) is 12.1 Å². The lowest BCUT2D eigenvalue weighted by molar-refractivity contribution is 0.218. The average Bonchev–Trinajstić information content (AvgIpc) is 2.95. The number of nitrogens with one attached hydrogen (secondary N) is 1. The van der Waals surface area contributed by atoms with Gasteiger partial charge in [-0.3, -0.25) is 0 Å². The zero-order valence-corrected chi connectivity index (χ0v) is 11.4. The van der Waals surface area contributed by atoms with Gasteiger partial charge < -0.3 is 16.0 Å². The first-order chi connectivity index (χ1) is 9.15. The number of urea groups is 1. The van der Waals surface area contributed by atoms with E-state index in [2.05, 4.69) is 5.32 Å². The van der Waals surface area contributed by atoms with Gasteiger partial charge in [0.05, 0.1) is 10.7 Å². The zero-order valence-electron chi connectivity index (χ0n) is 10.7. The van der Waals surface area contributed by atoms with E-state index in [1.165, 1.54) is 0 Å². The second kappa shape index (κ2) is 5.02. The van der Waals surface area contributed by atoms with Crippen molar-refractivity contribution in [1.82, 2.24) is 4.90 Å². The minimum absolute atomic E-state index is 0.0744. The molecule has 2 amide bonds. The summed E-state index contributed by atoms with van der Waals surface area (Å²) < 4.78 is 0. The Labute approximate surface area is 117 Å². The number of rotatable bonds is 1. The molecule has 1 heterocycles. The van der Waals surface area contributed by atoms with E-state index in [0.717, 1.165) is 25.9 Å². The highest BCUT2D eigenvalue weighted by Crippen LogP contribution is 2.37. The molecule has 2 aliphatic rings. The number of carbonyl (C=O) groups is 1. The SMILES string of the molecule is NC1CCC2CN(C(=O)Nc3ccccc3Cl)CC12. The minimum atomic E-state index is -0.0744. The Kier molecular flexibility index (Phi) is 3.37. The fraction of sp³-hybridized carbons (Fsp3) is 0.500. The van der Waals surface area contributed by atoms with E-state index >= 15 is 0 Å². The standard InChI is InChI=1S/C14H18ClN3O/c15-11-3-1-2-4-13(11)17-14(19)18-7-9-5-6-12(16)10(9)8-18/h1-4,9-10,12H,5-8,16H2,(H,17,19). The van der Waals surface area contributed by atoms with Gasteiger partial charge in [0.2, 0.25) is 0 Å². The van der Waals surface area contributed by atoms with Gasteiger partial charge in [-0.2, -0.15) is 0 Å². The number of nitrogens with two attached hydrogens (primary N) is 1. The molecule has 4 nitrogen and oxygen atoms in total. The number of carbonyl (C=O) groups excluding carboxylic acids is 1. The number of halogens is 1. The van der Waals surface area contributed by atoms with Crippen LogP contribution in [-0.4, -0.2) is 30.1 Å². The molecule has 1 aliphatic carbocycles. The molecule has 1 aliphatic heterocycles. The third-order valence-electron chi connectivity index (χ3n) is 4.32. The summed E-state index contributed by atoms with van der Waals surface area (Å²) in [6, 6.07) is 7.46. The van der Waals surface area contributed by atoms with Crippen molar-refractivity contribution < 1.29 is 4.79 Å². The summed E-state index contributed by atoms with van der Waals surface area (Å²) in [7, 11) is 0. The highest BCUT2D eigenvalue weighted by Gasteiger charge is 2.42. The number of hydrogen-bond acceptors (Lipinski definition) is 2. The van der Waals surface area contributed by atoms with Crippen LogP contribution in [-0.2, 0) is 0 Å². The van der Waals surface area contributed by atoms with Crippen LogP contribution >= 0.6 is 11.6 Å². The van der Waals surface area contributed by atoms with Crippen molar-refractivity contribution in [2.75, 3.05) is 18.4 Å². The Morgan fingerprint density at radius 1 is 1.32 bits per heavy atom. The molecular formula is C14H18ClN3O. The van der Waals surface area contributed by atoms with Crippen molar-refractivity contribution in [2.45, 2.75) is 18.9 Å². The van der Waals surface area contributed by atoms with E-state index in [9.17, 15) is 4.79 Å². The van der Waals surface area contributed by atoms with Crippen LogP contribution in [0.1, 0.15) is 12.8 Å². The molecule has 0 spiro atoms. The second-order valence-corrected chi connectivity index (χ2v) is 5.89. The number of likely N-dealkylation sites (tertiary alicyclic amines) is 1. The monoisotopic (exact) mass is 279 g/mol. The summed E-state index contributed by atoms with van der Waals surface area (Å²) in [4.78, 5) is 14.1. The molecular weight excluding hydrogens is 262 g/mol.